The second kappa shape index (κ2) is 7.12. The summed E-state index contributed by atoms with van der Waals surface area (Å²) in [5.41, 5.74) is -1.98. The van der Waals surface area contributed by atoms with Gasteiger partial charge in [-0.3, -0.25) is 4.79 Å². The number of aliphatic hydroxyl groups is 1. The van der Waals surface area contributed by atoms with Crippen molar-refractivity contribution in [1.82, 2.24) is 5.32 Å². The molecule has 0 spiro atoms. The third kappa shape index (κ3) is 5.46. The third-order valence-corrected chi connectivity index (χ3v) is 2.72. The highest BCUT2D eigenvalue weighted by molar-refractivity contribution is 6.30. The minimum atomic E-state index is -1.98. The van der Waals surface area contributed by atoms with E-state index in [2.05, 4.69) is 5.32 Å². The van der Waals surface area contributed by atoms with Crippen LogP contribution >= 0.6 is 11.6 Å². The molecular weight excluding hydrogens is 286 g/mol. The van der Waals surface area contributed by atoms with E-state index < -0.39 is 17.5 Å². The number of hydrogen-bond donors (Lipinski definition) is 3. The molecule has 0 saturated heterocycles. The highest BCUT2D eigenvalue weighted by Gasteiger charge is 2.30. The number of hydrogen-bond acceptors (Lipinski definition) is 4. The molecule has 0 aliphatic heterocycles. The number of benzene rings is 1. The van der Waals surface area contributed by atoms with Gasteiger partial charge in [0.2, 0.25) is 5.91 Å². The molecule has 0 aliphatic rings. The topological polar surface area (TPSA) is 95.9 Å². The summed E-state index contributed by atoms with van der Waals surface area (Å²) in [5.74, 6) is -1.26. The average molecular weight is 302 g/mol. The van der Waals surface area contributed by atoms with Crippen LogP contribution in [0.2, 0.25) is 5.02 Å². The number of carbonyl (C=O) groups excluding carboxylic acids is 1. The minimum absolute atomic E-state index is 0.0439. The summed E-state index contributed by atoms with van der Waals surface area (Å²) in [7, 11) is 0. The van der Waals surface area contributed by atoms with E-state index in [9.17, 15) is 14.7 Å². The van der Waals surface area contributed by atoms with Gasteiger partial charge in [-0.2, -0.15) is 0 Å². The van der Waals surface area contributed by atoms with Crippen LogP contribution in [0.3, 0.4) is 0 Å². The van der Waals surface area contributed by atoms with Crippen molar-refractivity contribution in [2.45, 2.75) is 18.9 Å². The second-order valence-electron chi connectivity index (χ2n) is 4.41. The molecule has 0 aliphatic carbocycles. The maximum atomic E-state index is 11.4. The molecule has 0 radical (unpaired) electrons. The van der Waals surface area contributed by atoms with Gasteiger partial charge < -0.3 is 20.3 Å². The summed E-state index contributed by atoms with van der Waals surface area (Å²) in [4.78, 5) is 22.1. The zero-order valence-electron chi connectivity index (χ0n) is 10.9. The lowest BCUT2D eigenvalue weighted by Gasteiger charge is -2.18. The van der Waals surface area contributed by atoms with Crippen LogP contribution in [0.4, 0.5) is 0 Å². The zero-order valence-corrected chi connectivity index (χ0v) is 11.7. The first-order valence-corrected chi connectivity index (χ1v) is 6.30. The van der Waals surface area contributed by atoms with Gasteiger partial charge in [0.1, 0.15) is 5.75 Å². The second-order valence-corrected chi connectivity index (χ2v) is 4.85. The summed E-state index contributed by atoms with van der Waals surface area (Å²) in [6.45, 7) is 0.873. The fourth-order valence-corrected chi connectivity index (χ4v) is 1.43. The van der Waals surface area contributed by atoms with E-state index >= 15 is 0 Å². The molecule has 0 saturated carbocycles. The highest BCUT2D eigenvalue weighted by Crippen LogP contribution is 2.17. The van der Waals surface area contributed by atoms with Gasteiger partial charge in [0.15, 0.2) is 5.60 Å². The standard InChI is InChI=1S/C13H16ClNO5/c1-13(19,12(17)18)8-15-11(16)5-6-20-10-4-2-3-9(14)7-10/h2-4,7,19H,5-6,8H2,1H3,(H,15,16)(H,17,18). The fraction of sp³-hybridized carbons (Fsp3) is 0.385. The molecule has 0 bridgehead atoms. The van der Waals surface area contributed by atoms with E-state index in [-0.39, 0.29) is 19.6 Å². The Morgan fingerprint density at radius 2 is 2.15 bits per heavy atom. The first kappa shape index (κ1) is 16.3. The summed E-state index contributed by atoms with van der Waals surface area (Å²) >= 11 is 5.77. The van der Waals surface area contributed by atoms with Crippen LogP contribution in [0.5, 0.6) is 5.75 Å². The number of carboxylic acid groups (broad SMARTS) is 1. The highest BCUT2D eigenvalue weighted by atomic mass is 35.5. The number of carboxylic acids is 1. The number of nitrogens with one attached hydrogen (secondary N) is 1. The average Bonchev–Trinajstić information content (AvgIpc) is 2.36. The summed E-state index contributed by atoms with van der Waals surface area (Å²) in [6, 6.07) is 6.75. The maximum Gasteiger partial charge on any atom is 0.337 e. The first-order valence-electron chi connectivity index (χ1n) is 5.92. The molecule has 20 heavy (non-hydrogen) atoms. The minimum Gasteiger partial charge on any atom is -0.493 e. The van der Waals surface area contributed by atoms with Crippen LogP contribution in [0.1, 0.15) is 13.3 Å². The molecule has 1 unspecified atom stereocenters. The van der Waals surface area contributed by atoms with Crippen LogP contribution in [0, 0.1) is 0 Å². The monoisotopic (exact) mass is 301 g/mol. The van der Waals surface area contributed by atoms with Crippen LogP contribution in [-0.2, 0) is 9.59 Å². The van der Waals surface area contributed by atoms with Gasteiger partial charge in [-0.1, -0.05) is 17.7 Å². The quantitative estimate of drug-likeness (QED) is 0.700. The largest absolute Gasteiger partial charge is 0.493 e. The van der Waals surface area contributed by atoms with Gasteiger partial charge >= 0.3 is 5.97 Å². The zero-order chi connectivity index (χ0) is 15.2. The van der Waals surface area contributed by atoms with Crippen molar-refractivity contribution in [3.63, 3.8) is 0 Å². The molecule has 1 atom stereocenters. The maximum absolute atomic E-state index is 11.4. The molecule has 1 aromatic carbocycles. The van der Waals surface area contributed by atoms with Crippen molar-refractivity contribution in [1.29, 1.82) is 0 Å². The van der Waals surface area contributed by atoms with Crippen molar-refractivity contribution < 1.29 is 24.5 Å². The van der Waals surface area contributed by atoms with Gasteiger partial charge in [-0.05, 0) is 25.1 Å². The first-order chi connectivity index (χ1) is 9.31. The number of rotatable bonds is 7. The number of amides is 1. The van der Waals surface area contributed by atoms with E-state index in [1.807, 2.05) is 0 Å². The number of aliphatic carboxylic acids is 1. The Morgan fingerprint density at radius 1 is 1.45 bits per heavy atom. The number of carbonyl (C=O) groups is 2. The lowest BCUT2D eigenvalue weighted by molar-refractivity contribution is -0.156. The van der Waals surface area contributed by atoms with E-state index in [0.29, 0.717) is 10.8 Å². The Labute approximate surface area is 121 Å². The van der Waals surface area contributed by atoms with E-state index in [1.165, 1.54) is 0 Å². The normalized spacial score (nSPS) is 13.3. The Bertz CT molecular complexity index is 489. The van der Waals surface area contributed by atoms with Gasteiger partial charge in [0.05, 0.1) is 19.6 Å². The molecule has 7 heteroatoms. The molecule has 1 aromatic rings. The molecule has 0 heterocycles. The Kier molecular flexibility index (Phi) is 5.79. The molecule has 3 N–H and O–H groups in total. The lowest BCUT2D eigenvalue weighted by atomic mass is 10.1. The van der Waals surface area contributed by atoms with Gasteiger partial charge in [-0.15, -0.1) is 0 Å². The van der Waals surface area contributed by atoms with Crippen molar-refractivity contribution in [3.8, 4) is 5.75 Å². The summed E-state index contributed by atoms with van der Waals surface area (Å²) in [5, 5.41) is 20.9. The van der Waals surface area contributed by atoms with E-state index in [0.717, 1.165) is 6.92 Å². The van der Waals surface area contributed by atoms with Crippen molar-refractivity contribution in [3.05, 3.63) is 29.3 Å². The lowest BCUT2D eigenvalue weighted by Crippen LogP contribution is -2.46. The Hall–Kier alpha value is -1.79. The molecule has 1 rings (SSSR count). The van der Waals surface area contributed by atoms with E-state index in [4.69, 9.17) is 21.4 Å². The van der Waals surface area contributed by atoms with Gasteiger partial charge in [0.25, 0.3) is 0 Å². The van der Waals surface area contributed by atoms with Crippen LogP contribution in [0.15, 0.2) is 24.3 Å². The fourth-order valence-electron chi connectivity index (χ4n) is 1.25. The molecule has 1 amide bonds. The van der Waals surface area contributed by atoms with Crippen molar-refractivity contribution in [2.24, 2.45) is 0 Å². The Morgan fingerprint density at radius 3 is 2.75 bits per heavy atom. The number of halogens is 1. The molecule has 6 nitrogen and oxygen atoms in total. The van der Waals surface area contributed by atoms with Crippen LogP contribution in [0.25, 0.3) is 0 Å². The smallest absolute Gasteiger partial charge is 0.337 e. The summed E-state index contributed by atoms with van der Waals surface area (Å²) in [6.07, 6.45) is 0.0439. The number of ether oxygens (including phenoxy) is 1. The SMILES string of the molecule is CC(O)(CNC(=O)CCOc1cccc(Cl)c1)C(=O)O. The van der Waals surface area contributed by atoms with Crippen molar-refractivity contribution >= 4 is 23.5 Å². The van der Waals surface area contributed by atoms with Gasteiger partial charge in [-0.25, -0.2) is 4.79 Å². The third-order valence-electron chi connectivity index (χ3n) is 2.48. The predicted molar refractivity (Wildman–Crippen MR) is 72.8 cm³/mol. The Balaban J connectivity index is 2.29. The molecule has 110 valence electrons. The van der Waals surface area contributed by atoms with E-state index in [1.54, 1.807) is 24.3 Å². The predicted octanol–water partition coefficient (Wildman–Crippen LogP) is 1.06. The molecular formula is C13H16ClNO5. The van der Waals surface area contributed by atoms with Crippen LogP contribution in [-0.4, -0.2) is 40.8 Å². The van der Waals surface area contributed by atoms with Crippen LogP contribution < -0.4 is 10.1 Å². The van der Waals surface area contributed by atoms with Crippen molar-refractivity contribution in [2.75, 3.05) is 13.2 Å². The molecule has 0 fully saturated rings. The van der Waals surface area contributed by atoms with Gasteiger partial charge in [0, 0.05) is 5.02 Å². The summed E-state index contributed by atoms with van der Waals surface area (Å²) < 4.78 is 5.31. The molecule has 0 aromatic heterocycles.